The second kappa shape index (κ2) is 5.98. The highest BCUT2D eigenvalue weighted by Crippen LogP contribution is 2.28. The van der Waals surface area contributed by atoms with Crippen molar-refractivity contribution < 1.29 is 4.74 Å². The van der Waals surface area contributed by atoms with Gasteiger partial charge in [-0.05, 0) is 49.9 Å². The van der Waals surface area contributed by atoms with Gasteiger partial charge in [0.25, 0.3) is 0 Å². The van der Waals surface area contributed by atoms with Crippen molar-refractivity contribution in [1.82, 2.24) is 4.98 Å². The molecule has 0 radical (unpaired) electrons. The normalized spacial score (nSPS) is 15.9. The summed E-state index contributed by atoms with van der Waals surface area (Å²) in [5.74, 6) is 1.00. The lowest BCUT2D eigenvalue weighted by atomic mass is 10.1. The van der Waals surface area contributed by atoms with Crippen molar-refractivity contribution in [2.24, 2.45) is 0 Å². The molecule has 2 heterocycles. The van der Waals surface area contributed by atoms with E-state index in [1.54, 1.807) is 7.11 Å². The van der Waals surface area contributed by atoms with E-state index < -0.39 is 0 Å². The summed E-state index contributed by atoms with van der Waals surface area (Å²) in [6, 6.07) is 2.02. The van der Waals surface area contributed by atoms with Crippen LogP contribution in [0.15, 0.2) is 32.9 Å². The lowest BCUT2D eigenvalue weighted by molar-refractivity contribution is 0.222. The smallest absolute Gasteiger partial charge is 0.143 e. The first kappa shape index (κ1) is 13.1. The first-order chi connectivity index (χ1) is 8.20. The molecule has 0 aliphatic carbocycles. The Morgan fingerprint density at radius 3 is 2.88 bits per heavy atom. The second-order valence-electron chi connectivity index (χ2n) is 3.95. The summed E-state index contributed by atoms with van der Waals surface area (Å²) in [6.45, 7) is 2.62. The van der Waals surface area contributed by atoms with Crippen LogP contribution in [0.25, 0.3) is 0 Å². The van der Waals surface area contributed by atoms with Crippen molar-refractivity contribution in [3.63, 3.8) is 0 Å². The van der Waals surface area contributed by atoms with Crippen LogP contribution in [-0.2, 0) is 4.74 Å². The van der Waals surface area contributed by atoms with Gasteiger partial charge in [-0.2, -0.15) is 0 Å². The van der Waals surface area contributed by atoms with Crippen molar-refractivity contribution in [1.29, 1.82) is 0 Å². The van der Waals surface area contributed by atoms with E-state index >= 15 is 0 Å². The standard InChI is InChI=1S/C12H14Br2N2O/c1-17-8-9-2-4-16(5-3-9)12-11(14)6-10(13)7-15-12/h2,6-7H,3-5,8H2,1H3. The molecule has 0 unspecified atom stereocenters. The number of hydrogen-bond donors (Lipinski definition) is 0. The highest BCUT2D eigenvalue weighted by atomic mass is 79.9. The minimum atomic E-state index is 0.739. The third kappa shape index (κ3) is 3.30. The van der Waals surface area contributed by atoms with Gasteiger partial charge in [0, 0.05) is 30.9 Å². The fourth-order valence-corrected chi connectivity index (χ4v) is 3.10. The zero-order valence-corrected chi connectivity index (χ0v) is 12.8. The van der Waals surface area contributed by atoms with Gasteiger partial charge in [0.1, 0.15) is 5.82 Å². The molecule has 0 bridgehead atoms. The number of methoxy groups -OCH3 is 1. The van der Waals surface area contributed by atoms with Crippen molar-refractivity contribution in [2.45, 2.75) is 6.42 Å². The van der Waals surface area contributed by atoms with Crippen LogP contribution in [0.2, 0.25) is 0 Å². The van der Waals surface area contributed by atoms with E-state index in [0.29, 0.717) is 0 Å². The van der Waals surface area contributed by atoms with Crippen molar-refractivity contribution in [3.05, 3.63) is 32.9 Å². The molecule has 5 heteroatoms. The molecule has 1 aromatic rings. The van der Waals surface area contributed by atoms with Gasteiger partial charge >= 0.3 is 0 Å². The number of hydrogen-bond acceptors (Lipinski definition) is 3. The molecule has 92 valence electrons. The van der Waals surface area contributed by atoms with Crippen molar-refractivity contribution >= 4 is 37.7 Å². The van der Waals surface area contributed by atoms with E-state index in [4.69, 9.17) is 4.74 Å². The lowest BCUT2D eigenvalue weighted by Gasteiger charge is -2.28. The Morgan fingerprint density at radius 2 is 2.29 bits per heavy atom. The summed E-state index contributed by atoms with van der Waals surface area (Å²) in [5, 5.41) is 0. The number of rotatable bonds is 3. The van der Waals surface area contributed by atoms with E-state index in [1.165, 1.54) is 5.57 Å². The molecule has 2 rings (SSSR count). The molecule has 1 aliphatic rings. The molecule has 0 saturated carbocycles. The highest BCUT2D eigenvalue weighted by Gasteiger charge is 2.15. The van der Waals surface area contributed by atoms with E-state index in [9.17, 15) is 0 Å². The van der Waals surface area contributed by atoms with Gasteiger partial charge in [0.15, 0.2) is 0 Å². The summed E-state index contributed by atoms with van der Waals surface area (Å²) in [7, 11) is 1.74. The first-order valence-electron chi connectivity index (χ1n) is 5.43. The predicted octanol–water partition coefficient (Wildman–Crippen LogP) is 3.39. The lowest BCUT2D eigenvalue weighted by Crippen LogP contribution is -2.30. The summed E-state index contributed by atoms with van der Waals surface area (Å²) in [4.78, 5) is 6.70. The number of anilines is 1. The van der Waals surface area contributed by atoms with Crippen LogP contribution in [0.4, 0.5) is 5.82 Å². The van der Waals surface area contributed by atoms with E-state index in [0.717, 1.165) is 40.9 Å². The number of nitrogens with zero attached hydrogens (tertiary/aromatic N) is 2. The summed E-state index contributed by atoms with van der Waals surface area (Å²) in [5.41, 5.74) is 1.37. The minimum Gasteiger partial charge on any atom is -0.380 e. The Morgan fingerprint density at radius 1 is 1.47 bits per heavy atom. The zero-order chi connectivity index (χ0) is 12.3. The fraction of sp³-hybridized carbons (Fsp3) is 0.417. The molecular weight excluding hydrogens is 348 g/mol. The maximum atomic E-state index is 5.14. The van der Waals surface area contributed by atoms with Crippen LogP contribution >= 0.6 is 31.9 Å². The van der Waals surface area contributed by atoms with E-state index in [2.05, 4.69) is 47.8 Å². The van der Waals surface area contributed by atoms with Crippen LogP contribution in [0.1, 0.15) is 6.42 Å². The van der Waals surface area contributed by atoms with Crippen LogP contribution in [0, 0.1) is 0 Å². The molecule has 1 aromatic heterocycles. The Hall–Kier alpha value is -0.390. The average Bonchev–Trinajstić information content (AvgIpc) is 2.31. The van der Waals surface area contributed by atoms with Gasteiger partial charge in [-0.1, -0.05) is 6.08 Å². The third-order valence-electron chi connectivity index (χ3n) is 2.72. The monoisotopic (exact) mass is 360 g/mol. The Kier molecular flexibility index (Phi) is 4.59. The molecule has 1 aliphatic heterocycles. The van der Waals surface area contributed by atoms with Gasteiger partial charge in [-0.15, -0.1) is 0 Å². The van der Waals surface area contributed by atoms with Crippen molar-refractivity contribution in [3.8, 4) is 0 Å². The number of pyridine rings is 1. The molecule has 3 nitrogen and oxygen atoms in total. The van der Waals surface area contributed by atoms with E-state index in [-0.39, 0.29) is 0 Å². The zero-order valence-electron chi connectivity index (χ0n) is 9.62. The average molecular weight is 362 g/mol. The quantitative estimate of drug-likeness (QED) is 0.771. The number of ether oxygens (including phenoxy) is 1. The second-order valence-corrected chi connectivity index (χ2v) is 5.72. The molecule has 0 saturated heterocycles. The Bertz CT molecular complexity index is 435. The van der Waals surface area contributed by atoms with Gasteiger partial charge < -0.3 is 9.64 Å². The van der Waals surface area contributed by atoms with E-state index in [1.807, 2.05) is 12.3 Å². The summed E-state index contributed by atoms with van der Waals surface area (Å²) >= 11 is 6.96. The molecule has 17 heavy (non-hydrogen) atoms. The van der Waals surface area contributed by atoms with Crippen LogP contribution in [-0.4, -0.2) is 31.8 Å². The molecule has 0 atom stereocenters. The number of halogens is 2. The summed E-state index contributed by atoms with van der Waals surface area (Å²) < 4.78 is 7.15. The van der Waals surface area contributed by atoms with Gasteiger partial charge in [0.05, 0.1) is 11.1 Å². The van der Waals surface area contributed by atoms with Gasteiger partial charge in [-0.3, -0.25) is 0 Å². The highest BCUT2D eigenvalue weighted by molar-refractivity contribution is 9.11. The third-order valence-corrected chi connectivity index (χ3v) is 3.74. The van der Waals surface area contributed by atoms with Gasteiger partial charge in [0.2, 0.25) is 0 Å². The van der Waals surface area contributed by atoms with Crippen molar-refractivity contribution in [2.75, 3.05) is 31.7 Å². The minimum absolute atomic E-state index is 0.739. The van der Waals surface area contributed by atoms with Crippen LogP contribution in [0.5, 0.6) is 0 Å². The predicted molar refractivity (Wildman–Crippen MR) is 76.4 cm³/mol. The van der Waals surface area contributed by atoms with Crippen LogP contribution in [0.3, 0.4) is 0 Å². The molecule has 0 N–H and O–H groups in total. The Labute approximate surface area is 118 Å². The molecule has 0 spiro atoms. The Balaban J connectivity index is 2.10. The topological polar surface area (TPSA) is 25.4 Å². The molecule has 0 fully saturated rings. The fourth-order valence-electron chi connectivity index (χ4n) is 1.86. The largest absolute Gasteiger partial charge is 0.380 e. The first-order valence-corrected chi connectivity index (χ1v) is 7.02. The van der Waals surface area contributed by atoms with Gasteiger partial charge in [-0.25, -0.2) is 4.98 Å². The molecular formula is C12H14Br2N2O. The number of aromatic nitrogens is 1. The van der Waals surface area contributed by atoms with Crippen LogP contribution < -0.4 is 4.90 Å². The maximum absolute atomic E-state index is 5.14. The maximum Gasteiger partial charge on any atom is 0.143 e. The summed E-state index contributed by atoms with van der Waals surface area (Å²) in [6.07, 6.45) is 5.09. The SMILES string of the molecule is COCC1=CCN(c2ncc(Br)cc2Br)CC1. The molecule has 0 aromatic carbocycles. The molecule has 0 amide bonds.